The van der Waals surface area contributed by atoms with Crippen LogP contribution in [0.4, 0.5) is 4.79 Å². The van der Waals surface area contributed by atoms with Crippen LogP contribution in [0.1, 0.15) is 36.8 Å². The van der Waals surface area contributed by atoms with E-state index in [2.05, 4.69) is 46.3 Å². The quantitative estimate of drug-likeness (QED) is 0.730. The summed E-state index contributed by atoms with van der Waals surface area (Å²) in [6.07, 6.45) is 4.85. The van der Waals surface area contributed by atoms with E-state index in [9.17, 15) is 9.59 Å². The third kappa shape index (κ3) is 2.16. The lowest BCUT2D eigenvalue weighted by molar-refractivity contribution is -0.137. The predicted molar refractivity (Wildman–Crippen MR) is 99.2 cm³/mol. The molecule has 2 fully saturated rings. The van der Waals surface area contributed by atoms with Crippen LogP contribution in [-0.2, 0) is 16.8 Å². The van der Waals surface area contributed by atoms with Crippen molar-refractivity contribution in [2.45, 2.75) is 43.7 Å². The minimum atomic E-state index is -0.908. The zero-order valence-electron chi connectivity index (χ0n) is 14.9. The van der Waals surface area contributed by atoms with E-state index in [1.54, 1.807) is 7.05 Å². The largest absolute Gasteiger partial charge is 0.325 e. The number of urea groups is 1. The summed E-state index contributed by atoms with van der Waals surface area (Å²) in [7, 11) is 5.83. The Labute approximate surface area is 156 Å². The van der Waals surface area contributed by atoms with Crippen molar-refractivity contribution < 1.29 is 9.59 Å². The average molecular weight is 406 g/mol. The highest BCUT2D eigenvalue weighted by atomic mass is 79.9. The second-order valence-electron chi connectivity index (χ2n) is 8.00. The smallest absolute Gasteiger partial charge is 0.319 e. The number of rotatable bonds is 1. The monoisotopic (exact) mass is 405 g/mol. The van der Waals surface area contributed by atoms with Crippen LogP contribution in [0, 0.1) is 5.41 Å². The molecule has 0 aromatic heterocycles. The lowest BCUT2D eigenvalue weighted by Crippen LogP contribution is -2.57. The van der Waals surface area contributed by atoms with Crippen LogP contribution in [0.5, 0.6) is 0 Å². The Hall–Kier alpha value is -1.40. The minimum Gasteiger partial charge on any atom is -0.319 e. The van der Waals surface area contributed by atoms with E-state index in [1.807, 2.05) is 12.1 Å². The van der Waals surface area contributed by atoms with Crippen LogP contribution in [0.2, 0.25) is 0 Å². The van der Waals surface area contributed by atoms with Crippen LogP contribution < -0.4 is 5.32 Å². The van der Waals surface area contributed by atoms with Gasteiger partial charge in [0.1, 0.15) is 0 Å². The van der Waals surface area contributed by atoms with Crippen molar-refractivity contribution in [3.63, 3.8) is 0 Å². The van der Waals surface area contributed by atoms with Crippen molar-refractivity contribution in [1.82, 2.24) is 15.1 Å². The van der Waals surface area contributed by atoms with Gasteiger partial charge in [-0.2, -0.15) is 0 Å². The number of hydrogen-bond acceptors (Lipinski definition) is 3. The van der Waals surface area contributed by atoms with Gasteiger partial charge in [-0.25, -0.2) is 4.79 Å². The molecule has 1 saturated heterocycles. The summed E-state index contributed by atoms with van der Waals surface area (Å²) in [6, 6.07) is 6.42. The molecule has 1 aromatic carbocycles. The van der Waals surface area contributed by atoms with Crippen LogP contribution >= 0.6 is 15.9 Å². The number of carbonyl (C=O) groups is 2. The van der Waals surface area contributed by atoms with Gasteiger partial charge >= 0.3 is 6.03 Å². The zero-order chi connectivity index (χ0) is 18.0. The third-order valence-corrected chi connectivity index (χ3v) is 7.16. The molecule has 2 aliphatic carbocycles. The van der Waals surface area contributed by atoms with Gasteiger partial charge in [0.25, 0.3) is 5.91 Å². The molecule has 5 nitrogen and oxygen atoms in total. The molecule has 134 valence electrons. The molecule has 1 N–H and O–H groups in total. The maximum atomic E-state index is 13.3. The molecule has 3 amide bonds. The highest BCUT2D eigenvalue weighted by Gasteiger charge is 2.67. The normalized spacial score (nSPS) is 34.3. The summed E-state index contributed by atoms with van der Waals surface area (Å²) in [5.74, 6) is -0.0994. The number of nitrogens with one attached hydrogen (secondary N) is 1. The first kappa shape index (κ1) is 17.0. The molecule has 1 saturated carbocycles. The number of hydrogen-bond donors (Lipinski definition) is 1. The lowest BCUT2D eigenvalue weighted by atomic mass is 9.61. The highest BCUT2D eigenvalue weighted by molar-refractivity contribution is 9.10. The topological polar surface area (TPSA) is 52.7 Å². The van der Waals surface area contributed by atoms with E-state index in [0.717, 1.165) is 42.1 Å². The van der Waals surface area contributed by atoms with Crippen molar-refractivity contribution in [1.29, 1.82) is 0 Å². The molecule has 1 aliphatic heterocycles. The molecule has 25 heavy (non-hydrogen) atoms. The maximum absolute atomic E-state index is 13.3. The van der Waals surface area contributed by atoms with Crippen molar-refractivity contribution in [3.8, 4) is 0 Å². The van der Waals surface area contributed by atoms with Crippen LogP contribution in [0.25, 0.3) is 0 Å². The summed E-state index contributed by atoms with van der Waals surface area (Å²) in [4.78, 5) is 29.3. The molecule has 3 aliphatic rings. The molecule has 4 rings (SSSR count). The Morgan fingerprint density at radius 3 is 2.48 bits per heavy atom. The minimum absolute atomic E-state index is 0.0994. The number of benzene rings is 1. The number of imide groups is 1. The van der Waals surface area contributed by atoms with Gasteiger partial charge in [-0.3, -0.25) is 9.69 Å². The van der Waals surface area contributed by atoms with Gasteiger partial charge in [0.15, 0.2) is 5.54 Å². The van der Waals surface area contributed by atoms with Gasteiger partial charge in [-0.05, 0) is 69.5 Å². The first-order valence-electron chi connectivity index (χ1n) is 8.86. The number of carbonyl (C=O) groups excluding carboxylic acids is 2. The fourth-order valence-corrected chi connectivity index (χ4v) is 5.60. The number of nitrogens with zero attached hydrogens (tertiary/aromatic N) is 2. The summed E-state index contributed by atoms with van der Waals surface area (Å²) in [6.45, 7) is 0. The number of fused-ring (bicyclic) bond motifs is 3. The van der Waals surface area contributed by atoms with Crippen LogP contribution in [0.3, 0.4) is 0 Å². The van der Waals surface area contributed by atoms with E-state index >= 15 is 0 Å². The van der Waals surface area contributed by atoms with Crippen LogP contribution in [0.15, 0.2) is 22.7 Å². The van der Waals surface area contributed by atoms with E-state index in [0.29, 0.717) is 6.04 Å². The third-order valence-electron chi connectivity index (χ3n) is 6.67. The van der Waals surface area contributed by atoms with Gasteiger partial charge in [0.05, 0.1) is 0 Å². The van der Waals surface area contributed by atoms with Crippen molar-refractivity contribution >= 4 is 27.9 Å². The Morgan fingerprint density at radius 1 is 1.24 bits per heavy atom. The first-order chi connectivity index (χ1) is 11.8. The molecule has 6 heteroatoms. The predicted octanol–water partition coefficient (Wildman–Crippen LogP) is 2.87. The average Bonchev–Trinajstić information content (AvgIpc) is 2.97. The van der Waals surface area contributed by atoms with Crippen molar-refractivity contribution in [3.05, 3.63) is 33.8 Å². The molecular weight excluding hydrogens is 382 g/mol. The summed E-state index contributed by atoms with van der Waals surface area (Å²) in [5, 5.41) is 3.12. The second kappa shape index (κ2) is 5.55. The number of amides is 3. The van der Waals surface area contributed by atoms with E-state index in [1.165, 1.54) is 10.5 Å². The molecule has 2 spiro atoms. The van der Waals surface area contributed by atoms with E-state index < -0.39 is 5.54 Å². The van der Waals surface area contributed by atoms with Gasteiger partial charge in [0.2, 0.25) is 0 Å². The SMILES string of the molecule is CN1C(=O)NC2(C1=O)c1cc(Br)ccc1C[C@]21CC[C@H](N(C)C)CC1. The maximum Gasteiger partial charge on any atom is 0.325 e. The molecule has 0 bridgehead atoms. The summed E-state index contributed by atoms with van der Waals surface area (Å²) < 4.78 is 0.946. The van der Waals surface area contributed by atoms with Crippen molar-refractivity contribution in [2.75, 3.05) is 21.1 Å². The van der Waals surface area contributed by atoms with Gasteiger partial charge in [-0.15, -0.1) is 0 Å². The molecule has 1 heterocycles. The molecule has 1 atom stereocenters. The van der Waals surface area contributed by atoms with Gasteiger partial charge in [-0.1, -0.05) is 22.0 Å². The Kier molecular flexibility index (Phi) is 3.78. The Balaban J connectivity index is 1.84. The summed E-state index contributed by atoms with van der Waals surface area (Å²) >= 11 is 3.54. The van der Waals surface area contributed by atoms with Gasteiger partial charge < -0.3 is 10.2 Å². The Bertz CT molecular complexity index is 755. The second-order valence-corrected chi connectivity index (χ2v) is 8.91. The van der Waals surface area contributed by atoms with E-state index in [-0.39, 0.29) is 17.4 Å². The molecule has 1 unspecified atom stereocenters. The number of likely N-dealkylation sites (N-methyl/N-ethyl adjacent to an activating group) is 1. The first-order valence-corrected chi connectivity index (χ1v) is 9.66. The molecular formula is C19H24BrN3O2. The van der Waals surface area contributed by atoms with E-state index in [4.69, 9.17) is 0 Å². The van der Waals surface area contributed by atoms with Crippen LogP contribution in [-0.4, -0.2) is 48.9 Å². The summed E-state index contributed by atoms with van der Waals surface area (Å²) in [5.41, 5.74) is 1.04. The zero-order valence-corrected chi connectivity index (χ0v) is 16.5. The lowest BCUT2D eigenvalue weighted by Gasteiger charge is -2.47. The molecule has 1 aromatic rings. The Morgan fingerprint density at radius 2 is 1.92 bits per heavy atom. The highest BCUT2D eigenvalue weighted by Crippen LogP contribution is 2.60. The number of halogens is 1. The fourth-order valence-electron chi connectivity index (χ4n) is 5.24. The molecule has 0 radical (unpaired) electrons. The van der Waals surface area contributed by atoms with Gasteiger partial charge in [0, 0.05) is 23.0 Å². The van der Waals surface area contributed by atoms with Crippen molar-refractivity contribution in [2.24, 2.45) is 5.41 Å². The standard InChI is InChI=1S/C19H24BrN3O2/c1-22(2)14-6-8-18(9-7-14)11-12-4-5-13(20)10-15(12)19(18)16(24)23(3)17(25)21-19/h4-5,10,14H,6-9,11H2,1-3H3,(H,21,25)/t14-,18+,19?. The fraction of sp³-hybridized carbons (Fsp3) is 0.579.